The zero-order valence-corrected chi connectivity index (χ0v) is 8.58. The Bertz CT molecular complexity index is 194. The number of nitrogens with two attached hydrogens (primary N) is 1. The lowest BCUT2D eigenvalue weighted by Gasteiger charge is -2.09. The normalized spacial score (nSPS) is 9.86. The summed E-state index contributed by atoms with van der Waals surface area (Å²) < 4.78 is 0. The molecule has 0 spiro atoms. The minimum Gasteiger partial charge on any atom is -0.368 e. The maximum atomic E-state index is 11.1. The highest BCUT2D eigenvalue weighted by Crippen LogP contribution is 1.91. The predicted molar refractivity (Wildman–Crippen MR) is 51.1 cm³/mol. The number of carbonyl (C=O) groups excluding carboxylic acids is 2. The van der Waals surface area contributed by atoms with Gasteiger partial charge in [-0.15, -0.1) is 0 Å². The third kappa shape index (κ3) is 7.51. The van der Waals surface area contributed by atoms with Crippen molar-refractivity contribution in [1.29, 1.82) is 0 Å². The van der Waals surface area contributed by atoms with Crippen LogP contribution < -0.4 is 11.2 Å². The molecule has 0 saturated carbocycles. The van der Waals surface area contributed by atoms with Gasteiger partial charge in [-0.1, -0.05) is 0 Å². The average molecular weight is 203 g/mol. The van der Waals surface area contributed by atoms with Gasteiger partial charge in [-0.2, -0.15) is 0 Å². The number of amides is 2. The minimum absolute atomic E-state index is 0.0710. The minimum atomic E-state index is -0.526. The molecule has 14 heavy (non-hydrogen) atoms. The number of rotatable bonds is 7. The van der Waals surface area contributed by atoms with Crippen LogP contribution in [-0.4, -0.2) is 44.0 Å². The summed E-state index contributed by atoms with van der Waals surface area (Å²) in [6.07, 6.45) is 1.12. The molecule has 0 heterocycles. The van der Waals surface area contributed by atoms with Gasteiger partial charge in [0.2, 0.25) is 11.8 Å². The Morgan fingerprint density at radius 1 is 1.43 bits per heavy atom. The van der Waals surface area contributed by atoms with E-state index >= 15 is 0 Å². The fourth-order valence-electron chi connectivity index (χ4n) is 0.730. The monoisotopic (exact) mass is 203 g/mol. The number of nitrogens with one attached hydrogen (secondary N) is 1. The van der Waals surface area contributed by atoms with Crippen LogP contribution in [0.2, 0.25) is 0 Å². The van der Waals surface area contributed by atoms with Crippen molar-refractivity contribution in [3.63, 3.8) is 0 Å². The SMILES string of the molecule is CN(C)C(=O)CCCNOCC(N)=O. The summed E-state index contributed by atoms with van der Waals surface area (Å²) >= 11 is 0. The summed E-state index contributed by atoms with van der Waals surface area (Å²) in [5.41, 5.74) is 7.37. The molecule has 2 amide bonds. The highest BCUT2D eigenvalue weighted by Gasteiger charge is 2.02. The van der Waals surface area contributed by atoms with Crippen molar-refractivity contribution in [2.75, 3.05) is 27.2 Å². The first kappa shape index (κ1) is 12.9. The molecule has 82 valence electrons. The van der Waals surface area contributed by atoms with Crippen LogP contribution in [0.25, 0.3) is 0 Å². The van der Waals surface area contributed by atoms with E-state index in [4.69, 9.17) is 5.73 Å². The van der Waals surface area contributed by atoms with Crippen molar-refractivity contribution in [1.82, 2.24) is 10.4 Å². The Labute approximate surface area is 83.3 Å². The Kier molecular flexibility index (Phi) is 6.69. The van der Waals surface area contributed by atoms with Crippen LogP contribution in [-0.2, 0) is 14.4 Å². The summed E-state index contributed by atoms with van der Waals surface area (Å²) in [6, 6.07) is 0. The van der Waals surface area contributed by atoms with Gasteiger partial charge < -0.3 is 10.6 Å². The molecular weight excluding hydrogens is 186 g/mol. The summed E-state index contributed by atoms with van der Waals surface area (Å²) in [5.74, 6) is -0.455. The van der Waals surface area contributed by atoms with E-state index in [1.165, 1.54) is 4.90 Å². The molecule has 0 unspecified atom stereocenters. The van der Waals surface area contributed by atoms with Crippen LogP contribution in [0.15, 0.2) is 0 Å². The molecule has 0 aliphatic rings. The van der Waals surface area contributed by atoms with Gasteiger partial charge in [-0.05, 0) is 6.42 Å². The Morgan fingerprint density at radius 3 is 2.57 bits per heavy atom. The number of hydrogen-bond donors (Lipinski definition) is 2. The molecular formula is C8H17N3O3. The van der Waals surface area contributed by atoms with Gasteiger partial charge in [0, 0.05) is 27.1 Å². The van der Waals surface area contributed by atoms with Crippen molar-refractivity contribution >= 4 is 11.8 Å². The second-order valence-corrected chi connectivity index (χ2v) is 3.04. The Hall–Kier alpha value is -1.14. The average Bonchev–Trinajstić information content (AvgIpc) is 2.09. The zero-order valence-electron chi connectivity index (χ0n) is 8.58. The number of nitrogens with zero attached hydrogens (tertiary/aromatic N) is 1. The maximum absolute atomic E-state index is 11.1. The largest absolute Gasteiger partial charge is 0.368 e. The molecule has 6 nitrogen and oxygen atoms in total. The second-order valence-electron chi connectivity index (χ2n) is 3.04. The van der Waals surface area contributed by atoms with Crippen LogP contribution >= 0.6 is 0 Å². The van der Waals surface area contributed by atoms with E-state index in [0.717, 1.165) is 0 Å². The van der Waals surface area contributed by atoms with Crippen molar-refractivity contribution in [3.8, 4) is 0 Å². The van der Waals surface area contributed by atoms with E-state index in [-0.39, 0.29) is 12.5 Å². The molecule has 0 radical (unpaired) electrons. The lowest BCUT2D eigenvalue weighted by molar-refractivity contribution is -0.129. The first-order chi connectivity index (χ1) is 6.54. The summed E-state index contributed by atoms with van der Waals surface area (Å²) in [6.45, 7) is 0.370. The van der Waals surface area contributed by atoms with Crippen LogP contribution in [0.3, 0.4) is 0 Å². The molecule has 0 aromatic carbocycles. The quantitative estimate of drug-likeness (QED) is 0.404. The molecule has 0 aromatic rings. The Morgan fingerprint density at radius 2 is 2.07 bits per heavy atom. The fraction of sp³-hybridized carbons (Fsp3) is 0.750. The molecule has 0 fully saturated rings. The van der Waals surface area contributed by atoms with E-state index in [1.807, 2.05) is 0 Å². The van der Waals surface area contributed by atoms with Crippen LogP contribution in [0.4, 0.5) is 0 Å². The van der Waals surface area contributed by atoms with Crippen molar-refractivity contribution in [2.45, 2.75) is 12.8 Å². The fourth-order valence-corrected chi connectivity index (χ4v) is 0.730. The van der Waals surface area contributed by atoms with E-state index in [1.54, 1.807) is 14.1 Å². The van der Waals surface area contributed by atoms with Crippen LogP contribution in [0.1, 0.15) is 12.8 Å². The maximum Gasteiger partial charge on any atom is 0.245 e. The molecule has 0 aromatic heterocycles. The first-order valence-electron chi connectivity index (χ1n) is 4.37. The van der Waals surface area contributed by atoms with Gasteiger partial charge in [0.05, 0.1) is 0 Å². The van der Waals surface area contributed by atoms with E-state index in [9.17, 15) is 9.59 Å². The van der Waals surface area contributed by atoms with Gasteiger partial charge >= 0.3 is 0 Å². The van der Waals surface area contributed by atoms with Crippen molar-refractivity contribution < 1.29 is 14.4 Å². The molecule has 0 rings (SSSR count). The van der Waals surface area contributed by atoms with Crippen LogP contribution in [0.5, 0.6) is 0 Å². The summed E-state index contributed by atoms with van der Waals surface area (Å²) in [5, 5.41) is 0. The standard InChI is InChI=1S/C8H17N3O3/c1-11(2)8(13)4-3-5-10-14-6-7(9)12/h10H,3-6H2,1-2H3,(H2,9,12). The van der Waals surface area contributed by atoms with Crippen LogP contribution in [0, 0.1) is 0 Å². The molecule has 3 N–H and O–H groups in total. The molecule has 0 bridgehead atoms. The lowest BCUT2D eigenvalue weighted by Crippen LogP contribution is -2.27. The van der Waals surface area contributed by atoms with Gasteiger partial charge in [-0.3, -0.25) is 14.4 Å². The molecule has 6 heteroatoms. The van der Waals surface area contributed by atoms with Gasteiger partial charge in [0.25, 0.3) is 0 Å². The van der Waals surface area contributed by atoms with Gasteiger partial charge in [0.15, 0.2) is 0 Å². The first-order valence-corrected chi connectivity index (χ1v) is 4.37. The van der Waals surface area contributed by atoms with E-state index < -0.39 is 5.91 Å². The highest BCUT2D eigenvalue weighted by molar-refractivity contribution is 5.75. The molecule has 0 aliphatic heterocycles. The number of hydrogen-bond acceptors (Lipinski definition) is 4. The molecule has 0 saturated heterocycles. The zero-order chi connectivity index (χ0) is 11.0. The smallest absolute Gasteiger partial charge is 0.245 e. The lowest BCUT2D eigenvalue weighted by atomic mass is 10.3. The van der Waals surface area contributed by atoms with Gasteiger partial charge in [0.1, 0.15) is 6.61 Å². The second kappa shape index (κ2) is 7.28. The molecule has 0 atom stereocenters. The Balaban J connectivity index is 3.22. The molecule has 0 aliphatic carbocycles. The van der Waals surface area contributed by atoms with Gasteiger partial charge in [-0.25, -0.2) is 5.48 Å². The highest BCUT2D eigenvalue weighted by atomic mass is 16.6. The number of primary amides is 1. The summed E-state index contributed by atoms with van der Waals surface area (Å²) in [7, 11) is 3.42. The predicted octanol–water partition coefficient (Wildman–Crippen LogP) is -1.14. The van der Waals surface area contributed by atoms with Crippen molar-refractivity contribution in [3.05, 3.63) is 0 Å². The van der Waals surface area contributed by atoms with E-state index in [2.05, 4.69) is 10.3 Å². The third-order valence-corrected chi connectivity index (χ3v) is 1.48. The van der Waals surface area contributed by atoms with Crippen molar-refractivity contribution in [2.24, 2.45) is 5.73 Å². The third-order valence-electron chi connectivity index (χ3n) is 1.48. The number of hydroxylamine groups is 1. The topological polar surface area (TPSA) is 84.7 Å². The van der Waals surface area contributed by atoms with E-state index in [0.29, 0.717) is 19.4 Å². The summed E-state index contributed by atoms with van der Waals surface area (Å²) in [4.78, 5) is 27.5. The number of carbonyl (C=O) groups is 2.